The summed E-state index contributed by atoms with van der Waals surface area (Å²) in [4.78, 5) is 15.5. The Morgan fingerprint density at radius 1 is 1.00 bits per heavy atom. The molecule has 3 aromatic carbocycles. The molecule has 0 saturated carbocycles. The van der Waals surface area contributed by atoms with Crippen LogP contribution in [0, 0.1) is 17.1 Å². The Morgan fingerprint density at radius 2 is 1.64 bits per heavy atom. The number of ether oxygens (including phenoxy) is 1. The molecule has 0 radical (unpaired) electrons. The summed E-state index contributed by atoms with van der Waals surface area (Å²) < 4.78 is 61.0. The highest BCUT2D eigenvalue weighted by atomic mass is 32.1. The van der Waals surface area contributed by atoms with Crippen molar-refractivity contribution in [2.75, 3.05) is 16.9 Å². The van der Waals surface area contributed by atoms with E-state index in [2.05, 4.69) is 0 Å². The SMILES string of the molecule is COc1ccc(-c2ccc(N3C(=S)N(c4ccc(C#N)c(C(F)(F)F)c4)C(=O)C3(C)C)c(F)c2)cc1. The number of anilines is 2. The van der Waals surface area contributed by atoms with Crippen LogP contribution in [0.15, 0.2) is 60.7 Å². The normalized spacial score (nSPS) is 15.3. The van der Waals surface area contributed by atoms with E-state index in [4.69, 9.17) is 22.2 Å². The Labute approximate surface area is 210 Å². The van der Waals surface area contributed by atoms with Gasteiger partial charge in [-0.2, -0.15) is 18.4 Å². The van der Waals surface area contributed by atoms with E-state index in [0.717, 1.165) is 16.5 Å². The maximum Gasteiger partial charge on any atom is 0.417 e. The van der Waals surface area contributed by atoms with Gasteiger partial charge in [-0.3, -0.25) is 9.69 Å². The second kappa shape index (κ2) is 8.91. The fraction of sp³-hybridized carbons (Fsp3) is 0.192. The monoisotopic (exact) mass is 513 g/mol. The van der Waals surface area contributed by atoms with E-state index in [0.29, 0.717) is 17.4 Å². The topological polar surface area (TPSA) is 56.6 Å². The first kappa shape index (κ1) is 25.1. The third-order valence-electron chi connectivity index (χ3n) is 5.97. The van der Waals surface area contributed by atoms with E-state index in [1.807, 2.05) is 0 Å². The molecule has 0 aromatic heterocycles. The number of halogens is 4. The zero-order chi connectivity index (χ0) is 26.4. The zero-order valence-electron chi connectivity index (χ0n) is 19.4. The van der Waals surface area contributed by atoms with Crippen molar-refractivity contribution in [1.82, 2.24) is 0 Å². The molecule has 5 nitrogen and oxygen atoms in total. The predicted octanol–water partition coefficient (Wildman–Crippen LogP) is 6.31. The molecule has 3 aromatic rings. The number of hydrogen-bond donors (Lipinski definition) is 0. The number of thiocarbonyl (C=S) groups is 1. The molecule has 0 unspecified atom stereocenters. The van der Waals surface area contributed by atoms with Crippen molar-refractivity contribution in [2.45, 2.75) is 25.6 Å². The number of hydrogen-bond acceptors (Lipinski definition) is 4. The highest BCUT2D eigenvalue weighted by Crippen LogP contribution is 2.41. The van der Waals surface area contributed by atoms with Crippen molar-refractivity contribution in [3.8, 4) is 22.9 Å². The first-order valence-corrected chi connectivity index (χ1v) is 11.0. The van der Waals surface area contributed by atoms with Gasteiger partial charge >= 0.3 is 6.18 Å². The lowest BCUT2D eigenvalue weighted by Crippen LogP contribution is -2.44. The number of alkyl halides is 3. The molecule has 1 heterocycles. The summed E-state index contributed by atoms with van der Waals surface area (Å²) in [5.41, 5.74) is -2.02. The molecular formula is C26H19F4N3O2S. The van der Waals surface area contributed by atoms with Crippen molar-refractivity contribution >= 4 is 34.6 Å². The minimum Gasteiger partial charge on any atom is -0.497 e. The van der Waals surface area contributed by atoms with Crippen molar-refractivity contribution < 1.29 is 27.1 Å². The fourth-order valence-electron chi connectivity index (χ4n) is 4.08. The first-order valence-electron chi connectivity index (χ1n) is 10.6. The van der Waals surface area contributed by atoms with Gasteiger partial charge in [0, 0.05) is 0 Å². The summed E-state index contributed by atoms with van der Waals surface area (Å²) >= 11 is 5.47. The molecule has 1 amide bonds. The van der Waals surface area contributed by atoms with Gasteiger partial charge in [-0.25, -0.2) is 4.39 Å². The number of carbonyl (C=O) groups excluding carboxylic acids is 1. The van der Waals surface area contributed by atoms with Gasteiger partial charge < -0.3 is 9.64 Å². The molecule has 0 atom stereocenters. The molecule has 1 aliphatic rings. The third-order valence-corrected chi connectivity index (χ3v) is 6.33. The smallest absolute Gasteiger partial charge is 0.417 e. The molecule has 0 spiro atoms. The van der Waals surface area contributed by atoms with Crippen LogP contribution in [0.5, 0.6) is 5.75 Å². The molecular weight excluding hydrogens is 494 g/mol. The Bertz CT molecular complexity index is 1410. The summed E-state index contributed by atoms with van der Waals surface area (Å²) in [6.07, 6.45) is -4.82. The van der Waals surface area contributed by atoms with Gasteiger partial charge in [0.25, 0.3) is 5.91 Å². The Kier molecular flexibility index (Phi) is 6.22. The van der Waals surface area contributed by atoms with Crippen molar-refractivity contribution in [3.63, 3.8) is 0 Å². The van der Waals surface area contributed by atoms with Crippen LogP contribution >= 0.6 is 12.2 Å². The van der Waals surface area contributed by atoms with E-state index >= 15 is 4.39 Å². The van der Waals surface area contributed by atoms with Crippen molar-refractivity contribution in [3.05, 3.63) is 77.6 Å². The van der Waals surface area contributed by atoms with Crippen LogP contribution < -0.4 is 14.5 Å². The lowest BCUT2D eigenvalue weighted by molar-refractivity contribution is -0.137. The molecule has 0 aliphatic carbocycles. The number of amides is 1. The van der Waals surface area contributed by atoms with Crippen LogP contribution in [-0.4, -0.2) is 23.7 Å². The maximum absolute atomic E-state index is 15.4. The van der Waals surface area contributed by atoms with E-state index in [1.165, 1.54) is 50.1 Å². The number of methoxy groups -OCH3 is 1. The summed E-state index contributed by atoms with van der Waals surface area (Å²) in [5, 5.41) is 8.88. The molecule has 4 rings (SSSR count). The standard InChI is InChI=1S/C26H19F4N3O2S/c1-25(2)23(34)32(18-8-4-17(14-31)20(13-18)26(28,29)30)24(36)33(25)22-11-7-16(12-21(22)27)15-5-9-19(35-3)10-6-15/h4-13H,1-3H3. The van der Waals surface area contributed by atoms with Gasteiger partial charge in [0.05, 0.1) is 35.7 Å². The van der Waals surface area contributed by atoms with Crippen molar-refractivity contribution in [1.29, 1.82) is 5.26 Å². The lowest BCUT2D eigenvalue weighted by Gasteiger charge is -2.30. The van der Waals surface area contributed by atoms with Gasteiger partial charge in [-0.05, 0) is 79.7 Å². The molecule has 1 saturated heterocycles. The van der Waals surface area contributed by atoms with Crippen LogP contribution in [0.2, 0.25) is 0 Å². The van der Waals surface area contributed by atoms with E-state index in [-0.39, 0.29) is 16.5 Å². The van der Waals surface area contributed by atoms with Gasteiger partial charge in [0.1, 0.15) is 17.1 Å². The molecule has 10 heteroatoms. The summed E-state index contributed by atoms with van der Waals surface area (Å²) in [6.45, 7) is 3.01. The minimum absolute atomic E-state index is 0.00259. The Morgan fingerprint density at radius 3 is 2.19 bits per heavy atom. The number of nitrogens with zero attached hydrogens (tertiary/aromatic N) is 3. The molecule has 0 bridgehead atoms. The van der Waals surface area contributed by atoms with Gasteiger partial charge in [-0.1, -0.05) is 18.2 Å². The average molecular weight is 514 g/mol. The third kappa shape index (κ3) is 4.16. The molecule has 36 heavy (non-hydrogen) atoms. The highest BCUT2D eigenvalue weighted by Gasteiger charge is 2.51. The van der Waals surface area contributed by atoms with Crippen LogP contribution in [0.4, 0.5) is 28.9 Å². The maximum atomic E-state index is 15.4. The number of benzene rings is 3. The number of carbonyl (C=O) groups is 1. The lowest BCUT2D eigenvalue weighted by atomic mass is 10.0. The molecule has 1 fully saturated rings. The fourth-order valence-corrected chi connectivity index (χ4v) is 4.60. The van der Waals surface area contributed by atoms with Gasteiger partial charge in [0.15, 0.2) is 5.11 Å². The zero-order valence-corrected chi connectivity index (χ0v) is 20.2. The van der Waals surface area contributed by atoms with E-state index in [1.54, 1.807) is 30.3 Å². The Balaban J connectivity index is 1.74. The second-order valence-corrected chi connectivity index (χ2v) is 8.92. The second-order valence-electron chi connectivity index (χ2n) is 8.55. The van der Waals surface area contributed by atoms with Gasteiger partial charge in [0.2, 0.25) is 0 Å². The largest absolute Gasteiger partial charge is 0.497 e. The number of rotatable bonds is 4. The van der Waals surface area contributed by atoms with Crippen LogP contribution in [0.1, 0.15) is 25.0 Å². The molecule has 0 N–H and O–H groups in total. The minimum atomic E-state index is -4.82. The summed E-state index contributed by atoms with van der Waals surface area (Å²) in [6, 6.07) is 15.8. The van der Waals surface area contributed by atoms with Crippen molar-refractivity contribution in [2.24, 2.45) is 0 Å². The molecule has 1 aliphatic heterocycles. The van der Waals surface area contributed by atoms with Crippen LogP contribution in [0.25, 0.3) is 11.1 Å². The summed E-state index contributed by atoms with van der Waals surface area (Å²) in [5.74, 6) is -0.650. The van der Waals surface area contributed by atoms with Gasteiger partial charge in [-0.15, -0.1) is 0 Å². The summed E-state index contributed by atoms with van der Waals surface area (Å²) in [7, 11) is 1.54. The van der Waals surface area contributed by atoms with E-state index in [9.17, 15) is 18.0 Å². The van der Waals surface area contributed by atoms with Crippen LogP contribution in [-0.2, 0) is 11.0 Å². The Hall–Kier alpha value is -3.97. The van der Waals surface area contributed by atoms with E-state index < -0.39 is 34.6 Å². The highest BCUT2D eigenvalue weighted by molar-refractivity contribution is 7.81. The average Bonchev–Trinajstić information content (AvgIpc) is 3.01. The number of nitriles is 1. The molecule has 184 valence electrons. The first-order chi connectivity index (χ1) is 16.9. The predicted molar refractivity (Wildman–Crippen MR) is 131 cm³/mol. The quantitative estimate of drug-likeness (QED) is 0.302. The van der Waals surface area contributed by atoms with Crippen LogP contribution in [0.3, 0.4) is 0 Å².